The van der Waals surface area contributed by atoms with Crippen LogP contribution in [0.5, 0.6) is 0 Å². The highest BCUT2D eigenvalue weighted by molar-refractivity contribution is 7.98. The molecule has 0 aliphatic carbocycles. The zero-order chi connectivity index (χ0) is 17.6. The molecule has 0 aliphatic heterocycles. The molecule has 0 saturated carbocycles. The molecule has 128 valence electrons. The predicted molar refractivity (Wildman–Crippen MR) is 97.9 cm³/mol. The van der Waals surface area contributed by atoms with Gasteiger partial charge in [-0.15, -0.1) is 11.8 Å². The van der Waals surface area contributed by atoms with E-state index in [1.54, 1.807) is 36.0 Å². The van der Waals surface area contributed by atoms with E-state index in [0.717, 1.165) is 16.1 Å². The Kier molecular flexibility index (Phi) is 6.42. The van der Waals surface area contributed by atoms with Gasteiger partial charge in [0.25, 0.3) is 0 Å². The number of benzene rings is 2. The summed E-state index contributed by atoms with van der Waals surface area (Å²) in [4.78, 5) is 13.3. The van der Waals surface area contributed by atoms with Crippen molar-refractivity contribution >= 4 is 33.4 Å². The molecule has 0 bridgehead atoms. The summed E-state index contributed by atoms with van der Waals surface area (Å²) in [6.45, 7) is 0. The molecule has 24 heavy (non-hydrogen) atoms. The van der Waals surface area contributed by atoms with Crippen LogP contribution in [-0.2, 0) is 21.2 Å². The summed E-state index contributed by atoms with van der Waals surface area (Å²) in [6, 6.07) is 14.2. The summed E-state index contributed by atoms with van der Waals surface area (Å²) in [7, 11) is -2.05. The zero-order valence-corrected chi connectivity index (χ0v) is 15.2. The molecular weight excluding hydrogens is 344 g/mol. The second-order valence-corrected chi connectivity index (χ2v) is 7.90. The van der Waals surface area contributed by atoms with Gasteiger partial charge in [-0.2, -0.15) is 0 Å². The van der Waals surface area contributed by atoms with Crippen molar-refractivity contribution in [3.63, 3.8) is 0 Å². The molecule has 1 amide bonds. The number of nitrogens with one attached hydrogen (secondary N) is 2. The summed E-state index contributed by atoms with van der Waals surface area (Å²) in [6.07, 6.45) is 2.87. The molecule has 0 saturated heterocycles. The number of thioether (sulfide) groups is 1. The molecule has 2 N–H and O–H groups in total. The van der Waals surface area contributed by atoms with Gasteiger partial charge in [0.15, 0.2) is 0 Å². The number of anilines is 1. The van der Waals surface area contributed by atoms with Gasteiger partial charge in [0.1, 0.15) is 0 Å². The Hall–Kier alpha value is -1.83. The highest BCUT2D eigenvalue weighted by Gasteiger charge is 2.11. The number of carbonyl (C=O) groups excluding carboxylic acids is 1. The van der Waals surface area contributed by atoms with E-state index in [9.17, 15) is 13.2 Å². The highest BCUT2D eigenvalue weighted by Crippen LogP contribution is 2.19. The molecule has 0 radical (unpaired) electrons. The normalized spacial score (nSPS) is 11.2. The lowest BCUT2D eigenvalue weighted by Crippen LogP contribution is -2.18. The van der Waals surface area contributed by atoms with Gasteiger partial charge in [0, 0.05) is 17.0 Å². The molecular formula is C17H20N2O3S2. The predicted octanol–water partition coefficient (Wildman–Crippen LogP) is 2.89. The van der Waals surface area contributed by atoms with Crippen LogP contribution in [0.25, 0.3) is 0 Å². The van der Waals surface area contributed by atoms with E-state index in [1.807, 2.05) is 30.5 Å². The Labute approximate surface area is 146 Å². The molecule has 5 nitrogen and oxygen atoms in total. The molecule has 2 rings (SSSR count). The van der Waals surface area contributed by atoms with Gasteiger partial charge < -0.3 is 5.32 Å². The zero-order valence-electron chi connectivity index (χ0n) is 13.6. The summed E-state index contributed by atoms with van der Waals surface area (Å²) >= 11 is 1.62. The van der Waals surface area contributed by atoms with E-state index in [2.05, 4.69) is 10.0 Å². The van der Waals surface area contributed by atoms with Crippen molar-refractivity contribution < 1.29 is 13.2 Å². The molecule has 0 heterocycles. The van der Waals surface area contributed by atoms with Crippen LogP contribution in [0.3, 0.4) is 0 Å². The maximum Gasteiger partial charge on any atom is 0.240 e. The monoisotopic (exact) mass is 364 g/mol. The minimum absolute atomic E-state index is 0.0693. The Bertz CT molecular complexity index is 803. The minimum Gasteiger partial charge on any atom is -0.326 e. The van der Waals surface area contributed by atoms with E-state index in [1.165, 1.54) is 7.05 Å². The van der Waals surface area contributed by atoms with Gasteiger partial charge in [-0.25, -0.2) is 13.1 Å². The van der Waals surface area contributed by atoms with Crippen molar-refractivity contribution in [1.82, 2.24) is 4.72 Å². The maximum absolute atomic E-state index is 12.0. The Morgan fingerprint density at radius 1 is 1.12 bits per heavy atom. The fraction of sp³-hybridized carbons (Fsp3) is 0.235. The SMILES string of the molecule is CNS(=O)(=O)c1ccc(CCC(=O)Nc2cccc(SC)c2)cc1. The van der Waals surface area contributed by atoms with Crippen molar-refractivity contribution in [3.8, 4) is 0 Å². The standard InChI is InChI=1S/C17H20N2O3S2/c1-18-24(21,22)16-9-6-13(7-10-16)8-11-17(20)19-14-4-3-5-15(12-14)23-2/h3-7,9-10,12,18H,8,11H2,1-2H3,(H,19,20). The Morgan fingerprint density at radius 3 is 2.46 bits per heavy atom. The van der Waals surface area contributed by atoms with Gasteiger partial charge in [-0.3, -0.25) is 4.79 Å². The van der Waals surface area contributed by atoms with Crippen molar-refractivity contribution in [1.29, 1.82) is 0 Å². The van der Waals surface area contributed by atoms with E-state index < -0.39 is 10.0 Å². The first-order valence-electron chi connectivity index (χ1n) is 7.41. The van der Waals surface area contributed by atoms with Crippen molar-refractivity contribution in [2.75, 3.05) is 18.6 Å². The second kappa shape index (κ2) is 8.32. The van der Waals surface area contributed by atoms with Gasteiger partial charge in [-0.05, 0) is 55.6 Å². The van der Waals surface area contributed by atoms with Gasteiger partial charge in [-0.1, -0.05) is 18.2 Å². The van der Waals surface area contributed by atoms with E-state index in [-0.39, 0.29) is 10.8 Å². The maximum atomic E-state index is 12.0. The van der Waals surface area contributed by atoms with Crippen LogP contribution in [0.1, 0.15) is 12.0 Å². The Morgan fingerprint density at radius 2 is 1.83 bits per heavy atom. The van der Waals surface area contributed by atoms with Crippen LogP contribution in [-0.4, -0.2) is 27.6 Å². The number of sulfonamides is 1. The average molecular weight is 364 g/mol. The lowest BCUT2D eigenvalue weighted by Gasteiger charge is -2.07. The number of carbonyl (C=O) groups is 1. The van der Waals surface area contributed by atoms with Crippen molar-refractivity contribution in [2.24, 2.45) is 0 Å². The third kappa shape index (κ3) is 5.09. The summed E-state index contributed by atoms with van der Waals surface area (Å²) in [5.41, 5.74) is 1.69. The lowest BCUT2D eigenvalue weighted by atomic mass is 10.1. The molecule has 0 atom stereocenters. The second-order valence-electron chi connectivity index (χ2n) is 5.13. The van der Waals surface area contributed by atoms with E-state index >= 15 is 0 Å². The Balaban J connectivity index is 1.92. The van der Waals surface area contributed by atoms with Crippen LogP contribution < -0.4 is 10.0 Å². The van der Waals surface area contributed by atoms with Gasteiger partial charge in [0.2, 0.25) is 15.9 Å². The molecule has 0 aromatic heterocycles. The first-order valence-corrected chi connectivity index (χ1v) is 10.1. The van der Waals surface area contributed by atoms with Crippen LogP contribution in [0.4, 0.5) is 5.69 Å². The van der Waals surface area contributed by atoms with Crippen LogP contribution >= 0.6 is 11.8 Å². The van der Waals surface area contributed by atoms with Crippen molar-refractivity contribution in [3.05, 3.63) is 54.1 Å². The summed E-state index contributed by atoms with van der Waals surface area (Å²) in [5, 5.41) is 2.87. The fourth-order valence-corrected chi connectivity index (χ4v) is 3.32. The van der Waals surface area contributed by atoms with Gasteiger partial charge in [0.05, 0.1) is 4.90 Å². The average Bonchev–Trinajstić information content (AvgIpc) is 2.60. The molecule has 0 aliphatic rings. The van der Waals surface area contributed by atoms with Gasteiger partial charge >= 0.3 is 0 Å². The van der Waals surface area contributed by atoms with Crippen LogP contribution in [0.15, 0.2) is 58.3 Å². The van der Waals surface area contributed by atoms with E-state index in [4.69, 9.17) is 0 Å². The molecule has 7 heteroatoms. The number of hydrogen-bond donors (Lipinski definition) is 2. The first-order chi connectivity index (χ1) is 11.4. The molecule has 2 aromatic rings. The third-order valence-corrected chi connectivity index (χ3v) is 5.65. The first kappa shape index (κ1) is 18.5. The smallest absolute Gasteiger partial charge is 0.240 e. The third-order valence-electron chi connectivity index (χ3n) is 3.50. The number of aryl methyl sites for hydroxylation is 1. The molecule has 0 unspecified atom stereocenters. The molecule has 2 aromatic carbocycles. The fourth-order valence-electron chi connectivity index (χ4n) is 2.14. The minimum atomic E-state index is -3.42. The largest absolute Gasteiger partial charge is 0.326 e. The molecule has 0 spiro atoms. The molecule has 0 fully saturated rings. The van der Waals surface area contributed by atoms with Crippen molar-refractivity contribution in [2.45, 2.75) is 22.6 Å². The van der Waals surface area contributed by atoms with E-state index in [0.29, 0.717) is 12.8 Å². The highest BCUT2D eigenvalue weighted by atomic mass is 32.2. The quantitative estimate of drug-likeness (QED) is 0.741. The topological polar surface area (TPSA) is 75.3 Å². The van der Waals surface area contributed by atoms with Crippen LogP contribution in [0.2, 0.25) is 0 Å². The van der Waals surface area contributed by atoms with Crippen LogP contribution in [0, 0.1) is 0 Å². The summed E-state index contributed by atoms with van der Waals surface area (Å²) in [5.74, 6) is -0.0693. The summed E-state index contributed by atoms with van der Waals surface area (Å²) < 4.78 is 25.6. The number of hydrogen-bond acceptors (Lipinski definition) is 4. The number of rotatable bonds is 7. The number of amides is 1. The lowest BCUT2D eigenvalue weighted by molar-refractivity contribution is -0.116.